The Kier molecular flexibility index (Phi) is 4.73. The molecule has 0 bridgehead atoms. The minimum absolute atomic E-state index is 0.0479. The van der Waals surface area contributed by atoms with Crippen LogP contribution < -0.4 is 10.2 Å². The molecule has 0 saturated carbocycles. The van der Waals surface area contributed by atoms with E-state index in [1.807, 2.05) is 24.3 Å². The summed E-state index contributed by atoms with van der Waals surface area (Å²) >= 11 is 0. The number of amidine groups is 1. The van der Waals surface area contributed by atoms with Crippen LogP contribution in [0.3, 0.4) is 0 Å². The number of hydrogen-bond donors (Lipinski definition) is 1. The van der Waals surface area contributed by atoms with E-state index in [9.17, 15) is 13.2 Å². The zero-order valence-corrected chi connectivity index (χ0v) is 15.8. The van der Waals surface area contributed by atoms with Gasteiger partial charge in [0, 0.05) is 37.2 Å². The van der Waals surface area contributed by atoms with E-state index >= 15 is 0 Å². The van der Waals surface area contributed by atoms with Crippen LogP contribution in [-0.2, 0) is 14.8 Å². The molecule has 1 aromatic carbocycles. The van der Waals surface area contributed by atoms with Gasteiger partial charge in [0.2, 0.25) is 0 Å². The smallest absolute Gasteiger partial charge is 0.257 e. The Balaban J connectivity index is 1.42. The molecule has 3 heterocycles. The molecule has 0 unspecified atom stereocenters. The molecule has 0 spiro atoms. The van der Waals surface area contributed by atoms with Crippen molar-refractivity contribution in [2.45, 2.75) is 19.3 Å². The van der Waals surface area contributed by atoms with Gasteiger partial charge in [0.1, 0.15) is 5.84 Å². The van der Waals surface area contributed by atoms with Gasteiger partial charge in [-0.05, 0) is 55.7 Å². The lowest BCUT2D eigenvalue weighted by atomic mass is 10.1. The minimum atomic E-state index is -3.39. The van der Waals surface area contributed by atoms with Crippen molar-refractivity contribution < 1.29 is 13.2 Å². The van der Waals surface area contributed by atoms with Gasteiger partial charge in [-0.2, -0.15) is 0 Å². The van der Waals surface area contributed by atoms with Crippen molar-refractivity contribution in [1.82, 2.24) is 4.90 Å². The normalized spacial score (nSPS) is 21.2. The van der Waals surface area contributed by atoms with E-state index in [1.54, 1.807) is 23.3 Å². The van der Waals surface area contributed by atoms with Crippen molar-refractivity contribution in [2.75, 3.05) is 35.6 Å². The number of amides is 1. The van der Waals surface area contributed by atoms with Crippen LogP contribution in [0.15, 0.2) is 52.6 Å². The molecule has 0 aromatic heterocycles. The summed E-state index contributed by atoms with van der Waals surface area (Å²) in [7, 11) is -3.39. The second kappa shape index (κ2) is 7.19. The van der Waals surface area contributed by atoms with Gasteiger partial charge in [0.05, 0.1) is 11.3 Å². The Labute approximate surface area is 159 Å². The summed E-state index contributed by atoms with van der Waals surface area (Å²) in [5.74, 6) is 0.0707. The van der Waals surface area contributed by atoms with E-state index in [4.69, 9.17) is 0 Å². The highest BCUT2D eigenvalue weighted by atomic mass is 32.2. The zero-order chi connectivity index (χ0) is 18.9. The number of sulfonamides is 1. The summed E-state index contributed by atoms with van der Waals surface area (Å²) in [5.41, 5.74) is 2.38. The maximum absolute atomic E-state index is 12.5. The lowest BCUT2D eigenvalue weighted by Crippen LogP contribution is -2.37. The van der Waals surface area contributed by atoms with Gasteiger partial charge < -0.3 is 15.1 Å². The first-order chi connectivity index (χ1) is 13.0. The predicted molar refractivity (Wildman–Crippen MR) is 106 cm³/mol. The minimum Gasteiger partial charge on any atom is -0.372 e. The van der Waals surface area contributed by atoms with Crippen LogP contribution in [0.4, 0.5) is 11.4 Å². The third-order valence-corrected chi connectivity index (χ3v) is 6.10. The topological polar surface area (TPSA) is 82.1 Å². The first-order valence-corrected chi connectivity index (χ1v) is 10.8. The number of nitrogens with one attached hydrogen (secondary N) is 1. The predicted octanol–water partition coefficient (Wildman–Crippen LogP) is 2.11. The number of rotatable bonds is 3. The molecular weight excluding hydrogens is 364 g/mol. The van der Waals surface area contributed by atoms with E-state index in [0.717, 1.165) is 18.8 Å². The molecule has 1 aromatic rings. The largest absolute Gasteiger partial charge is 0.372 e. The van der Waals surface area contributed by atoms with Crippen molar-refractivity contribution in [3.63, 3.8) is 0 Å². The summed E-state index contributed by atoms with van der Waals surface area (Å²) < 4.78 is 26.8. The van der Waals surface area contributed by atoms with Gasteiger partial charge in [-0.15, -0.1) is 4.40 Å². The standard InChI is InChI=1S/C19H22N4O3S/c24-19(15-4-9-18-21-27(25,26)13-12-23(18)14-15)20-16-5-7-17(8-6-16)22-10-2-1-3-11-22/h4-9,14H,1-3,10-13H2,(H,20,24). The van der Waals surface area contributed by atoms with Gasteiger partial charge in [-0.1, -0.05) is 0 Å². The van der Waals surface area contributed by atoms with Gasteiger partial charge in [0.15, 0.2) is 0 Å². The second-order valence-electron chi connectivity index (χ2n) is 6.90. The maximum atomic E-state index is 12.5. The van der Waals surface area contributed by atoms with Crippen LogP contribution in [0.5, 0.6) is 0 Å². The summed E-state index contributed by atoms with van der Waals surface area (Å²) in [6, 6.07) is 7.89. The van der Waals surface area contributed by atoms with E-state index in [1.165, 1.54) is 24.9 Å². The molecule has 1 N–H and O–H groups in total. The Bertz CT molecular complexity index is 926. The van der Waals surface area contributed by atoms with Crippen molar-refractivity contribution >= 4 is 33.1 Å². The lowest BCUT2D eigenvalue weighted by molar-refractivity contribution is -0.112. The molecule has 8 heteroatoms. The number of benzene rings is 1. The fourth-order valence-corrected chi connectivity index (χ4v) is 4.42. The summed E-state index contributed by atoms with van der Waals surface area (Å²) in [6.07, 6.45) is 8.54. The molecule has 4 rings (SSSR count). The third kappa shape index (κ3) is 4.05. The maximum Gasteiger partial charge on any atom is 0.257 e. The Hall–Kier alpha value is -2.61. The first-order valence-electron chi connectivity index (χ1n) is 9.16. The van der Waals surface area contributed by atoms with Crippen LogP contribution in [0.1, 0.15) is 19.3 Å². The lowest BCUT2D eigenvalue weighted by Gasteiger charge is -2.29. The van der Waals surface area contributed by atoms with Crippen LogP contribution >= 0.6 is 0 Å². The van der Waals surface area contributed by atoms with Crippen LogP contribution in [0.25, 0.3) is 0 Å². The van der Waals surface area contributed by atoms with Crippen molar-refractivity contribution in [3.05, 3.63) is 48.2 Å². The molecule has 3 aliphatic rings. The number of carbonyl (C=O) groups excluding carboxylic acids is 1. The molecule has 1 amide bonds. The summed E-state index contributed by atoms with van der Waals surface area (Å²) in [5, 5.41) is 2.89. The second-order valence-corrected chi connectivity index (χ2v) is 8.65. The first kappa shape index (κ1) is 17.8. The molecule has 3 aliphatic heterocycles. The van der Waals surface area contributed by atoms with Gasteiger partial charge in [0.25, 0.3) is 15.9 Å². The third-order valence-electron chi connectivity index (χ3n) is 4.93. The number of carbonyl (C=O) groups is 1. The molecule has 0 aliphatic carbocycles. The number of fused-ring (bicyclic) bond motifs is 1. The zero-order valence-electron chi connectivity index (χ0n) is 15.0. The van der Waals surface area contributed by atoms with Crippen molar-refractivity contribution in [3.8, 4) is 0 Å². The van der Waals surface area contributed by atoms with Gasteiger partial charge >= 0.3 is 0 Å². The van der Waals surface area contributed by atoms with Crippen molar-refractivity contribution in [1.29, 1.82) is 0 Å². The monoisotopic (exact) mass is 386 g/mol. The average Bonchev–Trinajstić information content (AvgIpc) is 2.68. The highest BCUT2D eigenvalue weighted by Crippen LogP contribution is 2.23. The Morgan fingerprint density at radius 3 is 2.48 bits per heavy atom. The number of hydrogen-bond acceptors (Lipinski definition) is 5. The fourth-order valence-electron chi connectivity index (χ4n) is 3.45. The number of nitrogens with zero attached hydrogens (tertiary/aromatic N) is 3. The van der Waals surface area contributed by atoms with E-state index < -0.39 is 10.0 Å². The quantitative estimate of drug-likeness (QED) is 0.860. The molecule has 7 nitrogen and oxygen atoms in total. The number of anilines is 2. The Morgan fingerprint density at radius 1 is 1.00 bits per heavy atom. The Morgan fingerprint density at radius 2 is 1.74 bits per heavy atom. The molecular formula is C19H22N4O3S. The van der Waals surface area contributed by atoms with Crippen molar-refractivity contribution in [2.24, 2.45) is 4.40 Å². The van der Waals surface area contributed by atoms with Crippen LogP contribution in [-0.4, -0.2) is 50.4 Å². The van der Waals surface area contributed by atoms with E-state index in [0.29, 0.717) is 18.0 Å². The molecule has 27 heavy (non-hydrogen) atoms. The van der Waals surface area contributed by atoms with Gasteiger partial charge in [-0.3, -0.25) is 4.79 Å². The molecule has 1 fully saturated rings. The van der Waals surface area contributed by atoms with E-state index in [2.05, 4.69) is 14.6 Å². The summed E-state index contributed by atoms with van der Waals surface area (Å²) in [6.45, 7) is 2.46. The molecule has 1 saturated heterocycles. The van der Waals surface area contributed by atoms with Crippen LogP contribution in [0, 0.1) is 0 Å². The molecule has 0 atom stereocenters. The highest BCUT2D eigenvalue weighted by Gasteiger charge is 2.25. The van der Waals surface area contributed by atoms with Gasteiger partial charge in [-0.25, -0.2) is 8.42 Å². The number of piperidine rings is 1. The fraction of sp³-hybridized carbons (Fsp3) is 0.368. The highest BCUT2D eigenvalue weighted by molar-refractivity contribution is 7.90. The SMILES string of the molecule is O=C(Nc1ccc(N2CCCCC2)cc1)C1=CN2CCS(=O)(=O)N=C2C=C1. The van der Waals surface area contributed by atoms with Crippen LogP contribution in [0.2, 0.25) is 0 Å². The summed E-state index contributed by atoms with van der Waals surface area (Å²) in [4.78, 5) is 16.6. The molecule has 0 radical (unpaired) electrons. The molecule has 142 valence electrons. The average molecular weight is 386 g/mol. The van der Waals surface area contributed by atoms with E-state index in [-0.39, 0.29) is 11.7 Å².